The maximum Gasteiger partial charge on any atom is 0.317 e. The Kier molecular flexibility index (Phi) is 5.23. The third-order valence-electron chi connectivity index (χ3n) is 5.26. The lowest BCUT2D eigenvalue weighted by Crippen LogP contribution is -2.55. The summed E-state index contributed by atoms with van der Waals surface area (Å²) in [4.78, 5) is 16.4. The molecular formula is C21H24FN3O3. The number of nitrogens with zero attached hydrogens (tertiary/aromatic N) is 2. The summed E-state index contributed by atoms with van der Waals surface area (Å²) in [6.07, 6.45) is 0.702. The summed E-state index contributed by atoms with van der Waals surface area (Å²) >= 11 is 0. The second-order valence-corrected chi connectivity index (χ2v) is 7.06. The highest BCUT2D eigenvalue weighted by atomic mass is 19.1. The molecule has 6 nitrogen and oxygen atoms in total. The van der Waals surface area contributed by atoms with Crippen molar-refractivity contribution in [1.82, 2.24) is 10.2 Å². The van der Waals surface area contributed by atoms with Crippen molar-refractivity contribution in [3.05, 3.63) is 53.8 Å². The maximum absolute atomic E-state index is 14.0. The van der Waals surface area contributed by atoms with Gasteiger partial charge >= 0.3 is 6.03 Å². The van der Waals surface area contributed by atoms with Crippen LogP contribution < -0.4 is 19.7 Å². The van der Waals surface area contributed by atoms with Crippen molar-refractivity contribution < 1.29 is 18.7 Å². The Balaban J connectivity index is 1.32. The number of carbonyl (C=O) groups is 1. The number of nitrogens with one attached hydrogen (secondary N) is 1. The van der Waals surface area contributed by atoms with Crippen molar-refractivity contribution in [2.24, 2.45) is 0 Å². The Morgan fingerprint density at radius 2 is 1.96 bits per heavy atom. The molecule has 0 saturated carbocycles. The van der Waals surface area contributed by atoms with Crippen molar-refractivity contribution in [1.29, 1.82) is 0 Å². The lowest BCUT2D eigenvalue weighted by Gasteiger charge is -2.37. The number of ether oxygens (including phenoxy) is 2. The smallest absolute Gasteiger partial charge is 0.317 e. The van der Waals surface area contributed by atoms with E-state index in [4.69, 9.17) is 9.47 Å². The molecule has 2 aromatic carbocycles. The summed E-state index contributed by atoms with van der Waals surface area (Å²) in [5.74, 6) is 1.39. The number of methoxy groups -OCH3 is 1. The van der Waals surface area contributed by atoms with Crippen LogP contribution in [0.4, 0.5) is 14.9 Å². The van der Waals surface area contributed by atoms with Crippen LogP contribution in [0.25, 0.3) is 0 Å². The molecule has 0 spiro atoms. The third kappa shape index (κ3) is 3.83. The zero-order valence-corrected chi connectivity index (χ0v) is 15.9. The zero-order valence-electron chi connectivity index (χ0n) is 15.9. The van der Waals surface area contributed by atoms with Crippen LogP contribution in [-0.4, -0.2) is 56.9 Å². The Morgan fingerprint density at radius 3 is 2.71 bits per heavy atom. The average molecular weight is 385 g/mol. The minimum atomic E-state index is -0.228. The van der Waals surface area contributed by atoms with E-state index in [2.05, 4.69) is 5.32 Å². The van der Waals surface area contributed by atoms with E-state index >= 15 is 0 Å². The average Bonchev–Trinajstić information content (AvgIpc) is 2.73. The van der Waals surface area contributed by atoms with Gasteiger partial charge in [-0.2, -0.15) is 0 Å². The molecule has 1 atom stereocenters. The minimum absolute atomic E-state index is 0.0864. The quantitative estimate of drug-likeness (QED) is 0.883. The van der Waals surface area contributed by atoms with Crippen LogP contribution in [0.1, 0.15) is 5.56 Å². The molecule has 2 aromatic rings. The van der Waals surface area contributed by atoms with Crippen molar-refractivity contribution in [2.75, 3.05) is 44.8 Å². The summed E-state index contributed by atoms with van der Waals surface area (Å²) in [6, 6.07) is 12.3. The van der Waals surface area contributed by atoms with Crippen molar-refractivity contribution in [3.63, 3.8) is 0 Å². The molecule has 148 valence electrons. The number of fused-ring (bicyclic) bond motifs is 1. The number of urea groups is 1. The van der Waals surface area contributed by atoms with Gasteiger partial charge in [0.2, 0.25) is 0 Å². The number of hydrogen-bond donors (Lipinski definition) is 1. The monoisotopic (exact) mass is 385 g/mol. The van der Waals surface area contributed by atoms with Gasteiger partial charge in [0.1, 0.15) is 23.9 Å². The van der Waals surface area contributed by atoms with Crippen LogP contribution in [0.15, 0.2) is 42.5 Å². The van der Waals surface area contributed by atoms with Gasteiger partial charge in [0.25, 0.3) is 0 Å². The second-order valence-electron chi connectivity index (χ2n) is 7.06. The lowest BCUT2D eigenvalue weighted by molar-refractivity contribution is 0.178. The number of benzene rings is 2. The fourth-order valence-electron chi connectivity index (χ4n) is 3.72. The van der Waals surface area contributed by atoms with Gasteiger partial charge < -0.3 is 24.6 Å². The van der Waals surface area contributed by atoms with Crippen molar-refractivity contribution >= 4 is 11.7 Å². The van der Waals surface area contributed by atoms with Gasteiger partial charge in [-0.15, -0.1) is 0 Å². The molecule has 4 rings (SSSR count). The predicted molar refractivity (Wildman–Crippen MR) is 105 cm³/mol. The normalized spacial score (nSPS) is 18.9. The first-order valence-corrected chi connectivity index (χ1v) is 9.48. The SMILES string of the molecule is COc1ccc2c(c1)CC(NC(=O)N1CCN(c3ccccc3F)CC1)CO2. The highest BCUT2D eigenvalue weighted by molar-refractivity contribution is 5.75. The number of hydrogen-bond acceptors (Lipinski definition) is 4. The van der Waals surface area contributed by atoms with Crippen molar-refractivity contribution in [3.8, 4) is 11.5 Å². The zero-order chi connectivity index (χ0) is 19.5. The first-order chi connectivity index (χ1) is 13.6. The fraction of sp³-hybridized carbons (Fsp3) is 0.381. The molecule has 0 aromatic heterocycles. The molecule has 2 aliphatic heterocycles. The van der Waals surface area contributed by atoms with E-state index in [-0.39, 0.29) is 17.9 Å². The molecule has 1 saturated heterocycles. The molecule has 1 fully saturated rings. The van der Waals surface area contributed by atoms with Crippen LogP contribution in [0, 0.1) is 5.82 Å². The van der Waals surface area contributed by atoms with Gasteiger partial charge in [0.05, 0.1) is 18.8 Å². The highest BCUT2D eigenvalue weighted by Crippen LogP contribution is 2.28. The summed E-state index contributed by atoms with van der Waals surface area (Å²) < 4.78 is 25.0. The molecule has 2 heterocycles. The van der Waals surface area contributed by atoms with E-state index in [1.807, 2.05) is 29.2 Å². The number of halogens is 1. The van der Waals surface area contributed by atoms with Gasteiger partial charge in [-0.3, -0.25) is 0 Å². The lowest BCUT2D eigenvalue weighted by atomic mass is 10.0. The summed E-state index contributed by atoms with van der Waals surface area (Å²) in [7, 11) is 1.63. The van der Waals surface area contributed by atoms with Gasteiger partial charge in [-0.1, -0.05) is 12.1 Å². The van der Waals surface area contributed by atoms with Gasteiger partial charge in [-0.25, -0.2) is 9.18 Å². The Hall–Kier alpha value is -2.96. The molecular weight excluding hydrogens is 361 g/mol. The van der Waals surface area contributed by atoms with Crippen LogP contribution in [0.5, 0.6) is 11.5 Å². The van der Waals surface area contributed by atoms with E-state index < -0.39 is 0 Å². The molecule has 28 heavy (non-hydrogen) atoms. The first kappa shape index (κ1) is 18.4. The standard InChI is InChI=1S/C21H24FN3O3/c1-27-17-6-7-20-15(13-17)12-16(14-28-20)23-21(26)25-10-8-24(9-11-25)19-5-3-2-4-18(19)22/h2-7,13,16H,8-12,14H2,1H3,(H,23,26). The van der Waals surface area contributed by atoms with E-state index in [0.29, 0.717) is 44.9 Å². The van der Waals surface area contributed by atoms with Crippen molar-refractivity contribution in [2.45, 2.75) is 12.5 Å². The van der Waals surface area contributed by atoms with Gasteiger partial charge in [0, 0.05) is 26.2 Å². The minimum Gasteiger partial charge on any atom is -0.497 e. The number of rotatable bonds is 3. The molecule has 7 heteroatoms. The molecule has 0 radical (unpaired) electrons. The molecule has 1 N–H and O–H groups in total. The molecule has 0 aliphatic carbocycles. The summed E-state index contributed by atoms with van der Waals surface area (Å²) in [5, 5.41) is 3.06. The van der Waals surface area contributed by atoms with Gasteiger partial charge in [-0.05, 0) is 42.3 Å². The van der Waals surface area contributed by atoms with E-state index in [1.54, 1.807) is 24.1 Å². The number of piperazine rings is 1. The van der Waals surface area contributed by atoms with Crippen LogP contribution in [-0.2, 0) is 6.42 Å². The van der Waals surface area contributed by atoms with Crippen LogP contribution in [0.3, 0.4) is 0 Å². The third-order valence-corrected chi connectivity index (χ3v) is 5.26. The van der Waals surface area contributed by atoms with E-state index in [9.17, 15) is 9.18 Å². The van der Waals surface area contributed by atoms with Crippen LogP contribution >= 0.6 is 0 Å². The number of anilines is 1. The van der Waals surface area contributed by atoms with E-state index in [1.165, 1.54) is 6.07 Å². The molecule has 2 amide bonds. The predicted octanol–water partition coefficient (Wildman–Crippen LogP) is 2.67. The highest BCUT2D eigenvalue weighted by Gasteiger charge is 2.27. The summed E-state index contributed by atoms with van der Waals surface area (Å²) in [5.41, 5.74) is 1.62. The molecule has 1 unspecified atom stereocenters. The van der Waals surface area contributed by atoms with Crippen LogP contribution in [0.2, 0.25) is 0 Å². The largest absolute Gasteiger partial charge is 0.497 e. The Bertz CT molecular complexity index is 853. The van der Waals surface area contributed by atoms with E-state index in [0.717, 1.165) is 17.1 Å². The summed E-state index contributed by atoms with van der Waals surface area (Å²) in [6.45, 7) is 2.77. The fourth-order valence-corrected chi connectivity index (χ4v) is 3.72. The number of amides is 2. The first-order valence-electron chi connectivity index (χ1n) is 9.48. The number of carbonyl (C=O) groups excluding carboxylic acids is 1. The number of para-hydroxylation sites is 1. The Labute approximate surface area is 163 Å². The topological polar surface area (TPSA) is 54.0 Å². The Morgan fingerprint density at radius 1 is 1.18 bits per heavy atom. The van der Waals surface area contributed by atoms with Gasteiger partial charge in [0.15, 0.2) is 0 Å². The molecule has 2 aliphatic rings. The molecule has 0 bridgehead atoms. The maximum atomic E-state index is 14.0. The second kappa shape index (κ2) is 7.96.